The molecule has 0 radical (unpaired) electrons. The van der Waals surface area contributed by atoms with Crippen molar-refractivity contribution in [1.82, 2.24) is 5.32 Å². The van der Waals surface area contributed by atoms with Crippen molar-refractivity contribution >= 4 is 44.6 Å². The second-order valence-corrected chi connectivity index (χ2v) is 6.81. The molecule has 2 aromatic carbocycles. The third-order valence-corrected chi connectivity index (χ3v) is 5.00. The number of nitrogens with one attached hydrogen (secondary N) is 1. The van der Waals surface area contributed by atoms with Gasteiger partial charge in [-0.25, -0.2) is 9.18 Å². The number of furan rings is 1. The van der Waals surface area contributed by atoms with E-state index < -0.39 is 6.09 Å². The van der Waals surface area contributed by atoms with E-state index in [4.69, 9.17) is 9.15 Å². The molecule has 1 aromatic heterocycles. The van der Waals surface area contributed by atoms with Crippen LogP contribution in [0.15, 0.2) is 45.3 Å². The van der Waals surface area contributed by atoms with Crippen LogP contribution in [0.2, 0.25) is 0 Å². The van der Waals surface area contributed by atoms with Crippen LogP contribution in [-0.4, -0.2) is 32.2 Å². The molecule has 1 N–H and O–H groups in total. The number of halogens is 2. The Morgan fingerprint density at radius 3 is 2.63 bits per heavy atom. The second-order valence-electron chi connectivity index (χ2n) is 5.96. The van der Waals surface area contributed by atoms with Crippen LogP contribution in [0.1, 0.15) is 10.4 Å². The highest BCUT2D eigenvalue weighted by atomic mass is 79.9. The largest absolute Gasteiger partial charge is 0.455 e. The highest BCUT2D eigenvalue weighted by Crippen LogP contribution is 2.39. The van der Waals surface area contributed by atoms with Crippen LogP contribution in [0.25, 0.3) is 22.3 Å². The van der Waals surface area contributed by atoms with Gasteiger partial charge in [0.25, 0.3) is 5.91 Å². The van der Waals surface area contributed by atoms with Crippen LogP contribution in [0, 0.1) is 5.82 Å². The van der Waals surface area contributed by atoms with Crippen LogP contribution < -0.4 is 10.2 Å². The van der Waals surface area contributed by atoms with E-state index in [0.717, 1.165) is 0 Å². The van der Waals surface area contributed by atoms with Crippen molar-refractivity contribution in [2.45, 2.75) is 0 Å². The van der Waals surface area contributed by atoms with E-state index in [1.807, 2.05) is 0 Å². The van der Waals surface area contributed by atoms with Crippen LogP contribution in [0.5, 0.6) is 0 Å². The minimum absolute atomic E-state index is 0.311. The van der Waals surface area contributed by atoms with E-state index >= 15 is 0 Å². The maximum absolute atomic E-state index is 13.3. The zero-order valence-electron chi connectivity index (χ0n) is 14.2. The van der Waals surface area contributed by atoms with Crippen LogP contribution >= 0.6 is 15.9 Å². The number of amides is 2. The smallest absolute Gasteiger partial charge is 0.414 e. The van der Waals surface area contributed by atoms with E-state index in [-0.39, 0.29) is 11.7 Å². The average molecular weight is 433 g/mol. The Morgan fingerprint density at radius 2 is 2.00 bits per heavy atom. The minimum Gasteiger partial charge on any atom is -0.455 e. The third-order valence-electron chi connectivity index (χ3n) is 4.37. The summed E-state index contributed by atoms with van der Waals surface area (Å²) in [5, 5.41) is 3.18. The molecule has 1 fully saturated rings. The minimum atomic E-state index is -0.438. The molecule has 0 aliphatic carbocycles. The number of carbonyl (C=O) groups excluding carboxylic acids is 2. The number of fused-ring (bicyclic) bond motifs is 1. The number of nitrogens with zero attached hydrogens (tertiary/aromatic N) is 1. The molecule has 3 aromatic rings. The van der Waals surface area contributed by atoms with Gasteiger partial charge < -0.3 is 14.5 Å². The zero-order valence-corrected chi connectivity index (χ0v) is 15.8. The van der Waals surface area contributed by atoms with Crippen molar-refractivity contribution in [3.63, 3.8) is 0 Å². The molecule has 8 heteroatoms. The molecule has 138 valence electrons. The maximum atomic E-state index is 13.3. The quantitative estimate of drug-likeness (QED) is 0.668. The number of benzene rings is 2. The van der Waals surface area contributed by atoms with Crippen LogP contribution in [-0.2, 0) is 4.74 Å². The molecule has 4 rings (SSSR count). The second kappa shape index (κ2) is 6.70. The van der Waals surface area contributed by atoms with E-state index in [9.17, 15) is 14.0 Å². The average Bonchev–Trinajstić information content (AvgIpc) is 3.24. The lowest BCUT2D eigenvalue weighted by molar-refractivity contribution is 0.0964. The predicted molar refractivity (Wildman–Crippen MR) is 101 cm³/mol. The molecular weight excluding hydrogens is 419 g/mol. The third kappa shape index (κ3) is 2.95. The Hall–Kier alpha value is -2.87. The first-order chi connectivity index (χ1) is 13.0. The van der Waals surface area contributed by atoms with Gasteiger partial charge in [-0.2, -0.15) is 0 Å². The summed E-state index contributed by atoms with van der Waals surface area (Å²) in [6.07, 6.45) is -0.438. The molecule has 27 heavy (non-hydrogen) atoms. The lowest BCUT2D eigenvalue weighted by atomic mass is 10.0. The zero-order chi connectivity index (χ0) is 19.1. The van der Waals surface area contributed by atoms with E-state index in [1.54, 1.807) is 24.3 Å². The first-order valence-corrected chi connectivity index (χ1v) is 8.97. The number of cyclic esters (lactones) is 1. The van der Waals surface area contributed by atoms with Crippen LogP contribution in [0.4, 0.5) is 14.9 Å². The van der Waals surface area contributed by atoms with Gasteiger partial charge in [0.2, 0.25) is 0 Å². The molecule has 1 aliphatic heterocycles. The Morgan fingerprint density at radius 1 is 1.26 bits per heavy atom. The number of hydrogen-bond acceptors (Lipinski definition) is 4. The molecule has 0 atom stereocenters. The van der Waals surface area contributed by atoms with Gasteiger partial charge in [0, 0.05) is 28.5 Å². The first kappa shape index (κ1) is 17.5. The van der Waals surface area contributed by atoms with Crippen molar-refractivity contribution in [2.75, 3.05) is 25.1 Å². The normalized spacial score (nSPS) is 13.9. The number of rotatable bonds is 3. The predicted octanol–water partition coefficient (Wildman–Crippen LogP) is 4.32. The van der Waals surface area contributed by atoms with Gasteiger partial charge in [-0.1, -0.05) is 0 Å². The summed E-state index contributed by atoms with van der Waals surface area (Å²) < 4.78 is 24.9. The molecular formula is C19H14BrFN2O4. The lowest BCUT2D eigenvalue weighted by Crippen LogP contribution is -2.23. The fourth-order valence-corrected chi connectivity index (χ4v) is 3.64. The highest BCUT2D eigenvalue weighted by Gasteiger charge is 2.28. The molecule has 6 nitrogen and oxygen atoms in total. The van der Waals surface area contributed by atoms with Gasteiger partial charge in [0.15, 0.2) is 0 Å². The summed E-state index contributed by atoms with van der Waals surface area (Å²) in [4.78, 5) is 25.9. The Bertz CT molecular complexity index is 1060. The topological polar surface area (TPSA) is 71.8 Å². The number of anilines is 1. The summed E-state index contributed by atoms with van der Waals surface area (Å²) in [6, 6.07) is 9.12. The van der Waals surface area contributed by atoms with Crippen molar-refractivity contribution in [3.05, 3.63) is 52.3 Å². The molecule has 0 bridgehead atoms. The monoisotopic (exact) mass is 432 g/mol. The Labute approximate surface area is 162 Å². The molecule has 1 saturated heterocycles. The SMILES string of the molecule is CNC(=O)c1c(-c2ccc(F)cc2)oc2cc(N3CCOC3=O)c(Br)cc12. The molecule has 2 heterocycles. The van der Waals surface area contributed by atoms with Gasteiger partial charge >= 0.3 is 6.09 Å². The number of carbonyl (C=O) groups is 2. The van der Waals surface area contributed by atoms with E-state index in [2.05, 4.69) is 21.2 Å². The fraction of sp³-hybridized carbons (Fsp3) is 0.158. The van der Waals surface area contributed by atoms with Gasteiger partial charge in [-0.05, 0) is 46.3 Å². The summed E-state index contributed by atoms with van der Waals surface area (Å²) >= 11 is 3.46. The van der Waals surface area contributed by atoms with Crippen molar-refractivity contribution in [2.24, 2.45) is 0 Å². The molecule has 2 amide bonds. The first-order valence-electron chi connectivity index (χ1n) is 8.18. The maximum Gasteiger partial charge on any atom is 0.414 e. The molecule has 0 unspecified atom stereocenters. The van der Waals surface area contributed by atoms with Gasteiger partial charge in [0.05, 0.1) is 17.8 Å². The van der Waals surface area contributed by atoms with Gasteiger partial charge in [-0.3, -0.25) is 9.69 Å². The van der Waals surface area contributed by atoms with E-state index in [1.165, 1.54) is 24.1 Å². The Kier molecular flexibility index (Phi) is 4.35. The molecule has 0 spiro atoms. The molecule has 0 saturated carbocycles. The van der Waals surface area contributed by atoms with Crippen molar-refractivity contribution in [1.29, 1.82) is 0 Å². The highest BCUT2D eigenvalue weighted by molar-refractivity contribution is 9.10. The van der Waals surface area contributed by atoms with Gasteiger partial charge in [0.1, 0.15) is 23.8 Å². The summed E-state index contributed by atoms with van der Waals surface area (Å²) in [5.74, 6) is -0.375. The summed E-state index contributed by atoms with van der Waals surface area (Å²) in [6.45, 7) is 0.739. The van der Waals surface area contributed by atoms with Gasteiger partial charge in [-0.15, -0.1) is 0 Å². The van der Waals surface area contributed by atoms with Crippen LogP contribution in [0.3, 0.4) is 0 Å². The summed E-state index contributed by atoms with van der Waals surface area (Å²) in [7, 11) is 1.53. The van der Waals surface area contributed by atoms with E-state index in [0.29, 0.717) is 51.2 Å². The molecule has 1 aliphatic rings. The lowest BCUT2D eigenvalue weighted by Gasteiger charge is -2.14. The fourth-order valence-electron chi connectivity index (χ4n) is 3.08. The summed E-state index contributed by atoms with van der Waals surface area (Å²) in [5.41, 5.74) is 1.94. The van der Waals surface area contributed by atoms with Crippen molar-refractivity contribution in [3.8, 4) is 11.3 Å². The number of hydrogen-bond donors (Lipinski definition) is 1. The van der Waals surface area contributed by atoms with Crippen molar-refractivity contribution < 1.29 is 23.1 Å². The Balaban J connectivity index is 1.94. The number of ether oxygens (including phenoxy) is 1. The standard InChI is InChI=1S/C19H14BrFN2O4/c1-22-18(24)16-12-8-13(20)14(23-6-7-26-19(23)25)9-15(12)27-17(16)10-2-4-11(21)5-3-10/h2-5,8-9H,6-7H2,1H3,(H,22,24).